The fourth-order valence-electron chi connectivity index (χ4n) is 0.927. The molecule has 2 heteroatoms. The van der Waals surface area contributed by atoms with E-state index >= 15 is 0 Å². The van der Waals surface area contributed by atoms with E-state index in [-0.39, 0.29) is 0 Å². The lowest BCUT2D eigenvalue weighted by molar-refractivity contribution is 0.825. The third-order valence-electron chi connectivity index (χ3n) is 1.42. The molecule has 0 aliphatic heterocycles. The molecule has 1 aromatic rings. The van der Waals surface area contributed by atoms with Gasteiger partial charge in [-0.15, -0.1) is 0 Å². The Morgan fingerprint density at radius 1 is 1.36 bits per heavy atom. The van der Waals surface area contributed by atoms with Crippen molar-refractivity contribution in [3.63, 3.8) is 0 Å². The van der Waals surface area contributed by atoms with Gasteiger partial charge in [-0.05, 0) is 6.42 Å². The van der Waals surface area contributed by atoms with Crippen molar-refractivity contribution < 1.29 is 0 Å². The predicted molar refractivity (Wildman–Crippen MR) is 65.3 cm³/mol. The molecule has 1 rings (SSSR count). The van der Waals surface area contributed by atoms with Gasteiger partial charge in [-0.3, -0.25) is 0 Å². The largest absolute Gasteiger partial charge is 0.311 e. The van der Waals surface area contributed by atoms with Crippen LogP contribution in [0.25, 0.3) is 6.20 Å². The lowest BCUT2D eigenvalue weighted by Crippen LogP contribution is -1.93. The van der Waals surface area contributed by atoms with Gasteiger partial charge in [0.05, 0.1) is 0 Å². The average Bonchev–Trinajstić information content (AvgIpc) is 2.72. The number of aryl methyl sites for hydroxylation is 1. The summed E-state index contributed by atoms with van der Waals surface area (Å²) in [5.41, 5.74) is 0. The van der Waals surface area contributed by atoms with E-state index in [9.17, 15) is 0 Å². The van der Waals surface area contributed by atoms with E-state index in [0.717, 1.165) is 18.7 Å². The van der Waals surface area contributed by atoms with Crippen molar-refractivity contribution in [1.29, 1.82) is 0 Å². The summed E-state index contributed by atoms with van der Waals surface area (Å²) in [6.07, 6.45) is 7.65. The molecule has 0 saturated heterocycles. The molecule has 14 heavy (non-hydrogen) atoms. The molecular weight excluding hydrogens is 172 g/mol. The second-order valence-corrected chi connectivity index (χ2v) is 2.18. The van der Waals surface area contributed by atoms with Crippen molar-refractivity contribution >= 4 is 6.20 Å². The summed E-state index contributed by atoms with van der Waals surface area (Å²) in [6, 6.07) is 0. The monoisotopic (exact) mass is 196 g/mol. The third-order valence-corrected chi connectivity index (χ3v) is 1.42. The van der Waals surface area contributed by atoms with Gasteiger partial charge in [0.15, 0.2) is 0 Å². The SMILES string of the molecule is C=Cn1ccnc1CCC.CC.CC. The minimum atomic E-state index is 1.03. The lowest BCUT2D eigenvalue weighted by Gasteiger charge is -1.97. The highest BCUT2D eigenvalue weighted by molar-refractivity contribution is 5.19. The molecule has 82 valence electrons. The first-order valence-corrected chi connectivity index (χ1v) is 5.52. The van der Waals surface area contributed by atoms with Crippen LogP contribution in [0.3, 0.4) is 0 Å². The summed E-state index contributed by atoms with van der Waals surface area (Å²) in [5, 5.41) is 0. The topological polar surface area (TPSA) is 17.8 Å². The van der Waals surface area contributed by atoms with Gasteiger partial charge < -0.3 is 4.57 Å². The van der Waals surface area contributed by atoms with Crippen molar-refractivity contribution in [3.8, 4) is 0 Å². The number of hydrogen-bond donors (Lipinski definition) is 0. The van der Waals surface area contributed by atoms with Gasteiger partial charge in [-0.2, -0.15) is 0 Å². The van der Waals surface area contributed by atoms with E-state index in [4.69, 9.17) is 0 Å². The van der Waals surface area contributed by atoms with Gasteiger partial charge in [0.2, 0.25) is 0 Å². The molecule has 0 radical (unpaired) electrons. The minimum absolute atomic E-state index is 1.03. The lowest BCUT2D eigenvalue weighted by atomic mass is 10.3. The molecule has 0 aliphatic rings. The Bertz CT molecular complexity index is 214. The van der Waals surface area contributed by atoms with Gasteiger partial charge in [0.25, 0.3) is 0 Å². The van der Waals surface area contributed by atoms with Crippen LogP contribution in [0.5, 0.6) is 0 Å². The molecule has 1 aromatic heterocycles. The molecule has 0 bridgehead atoms. The van der Waals surface area contributed by atoms with Crippen LogP contribution in [0.15, 0.2) is 19.0 Å². The van der Waals surface area contributed by atoms with Crippen molar-refractivity contribution in [3.05, 3.63) is 24.8 Å². The van der Waals surface area contributed by atoms with E-state index in [0.29, 0.717) is 0 Å². The zero-order valence-electron chi connectivity index (χ0n) is 10.2. The quantitative estimate of drug-likeness (QED) is 0.714. The summed E-state index contributed by atoms with van der Waals surface area (Å²) in [5.74, 6) is 1.09. The molecule has 0 amide bonds. The highest BCUT2D eigenvalue weighted by atomic mass is 15.0. The van der Waals surface area contributed by atoms with Crippen molar-refractivity contribution in [2.45, 2.75) is 47.5 Å². The molecule has 0 unspecified atom stereocenters. The smallest absolute Gasteiger partial charge is 0.112 e. The zero-order valence-corrected chi connectivity index (χ0v) is 10.2. The molecule has 0 saturated carbocycles. The zero-order chi connectivity index (χ0) is 11.4. The molecule has 1 heterocycles. The van der Waals surface area contributed by atoms with Gasteiger partial charge in [0, 0.05) is 25.0 Å². The summed E-state index contributed by atoms with van der Waals surface area (Å²) < 4.78 is 1.95. The Balaban J connectivity index is 0. The van der Waals surface area contributed by atoms with Crippen LogP contribution in [0.1, 0.15) is 46.9 Å². The van der Waals surface area contributed by atoms with Crippen LogP contribution < -0.4 is 0 Å². The molecule has 0 fully saturated rings. The molecule has 0 atom stereocenters. The van der Waals surface area contributed by atoms with E-state index in [1.54, 1.807) is 12.4 Å². The first kappa shape index (κ1) is 15.4. The fourth-order valence-corrected chi connectivity index (χ4v) is 0.927. The van der Waals surface area contributed by atoms with Gasteiger partial charge in [0.1, 0.15) is 5.82 Å². The first-order valence-electron chi connectivity index (χ1n) is 5.52. The number of nitrogens with zero attached hydrogens (tertiary/aromatic N) is 2. The highest BCUT2D eigenvalue weighted by Crippen LogP contribution is 2.00. The Labute approximate surface area is 88.7 Å². The maximum absolute atomic E-state index is 4.17. The maximum atomic E-state index is 4.17. The Morgan fingerprint density at radius 2 is 1.93 bits per heavy atom. The van der Waals surface area contributed by atoms with E-state index < -0.39 is 0 Å². The number of aromatic nitrogens is 2. The number of hydrogen-bond acceptors (Lipinski definition) is 1. The Morgan fingerprint density at radius 3 is 2.36 bits per heavy atom. The Hall–Kier alpha value is -1.05. The normalized spacial score (nSPS) is 7.79. The number of rotatable bonds is 3. The minimum Gasteiger partial charge on any atom is -0.311 e. The summed E-state index contributed by atoms with van der Waals surface area (Å²) in [7, 11) is 0. The van der Waals surface area contributed by atoms with E-state index in [2.05, 4.69) is 18.5 Å². The fraction of sp³-hybridized carbons (Fsp3) is 0.583. The predicted octanol–water partition coefficient (Wildman–Crippen LogP) is 3.99. The molecular formula is C12H24N2. The summed E-state index contributed by atoms with van der Waals surface area (Å²) >= 11 is 0. The van der Waals surface area contributed by atoms with Crippen LogP contribution in [-0.2, 0) is 6.42 Å². The summed E-state index contributed by atoms with van der Waals surface area (Å²) in [6.45, 7) is 13.8. The van der Waals surface area contributed by atoms with Crippen molar-refractivity contribution in [1.82, 2.24) is 9.55 Å². The van der Waals surface area contributed by atoms with Crippen LogP contribution in [0.4, 0.5) is 0 Å². The van der Waals surface area contributed by atoms with Gasteiger partial charge in [-0.25, -0.2) is 4.98 Å². The molecule has 0 spiro atoms. The standard InChI is InChI=1S/C8H12N2.2C2H6/c1-3-5-8-9-6-7-10(8)4-2;2*1-2/h4,6-7H,2-3,5H2,1H3;2*1-2H3. The van der Waals surface area contributed by atoms with Gasteiger partial charge in [-0.1, -0.05) is 41.2 Å². The first-order chi connectivity index (χ1) is 6.88. The van der Waals surface area contributed by atoms with Crippen LogP contribution in [-0.4, -0.2) is 9.55 Å². The summed E-state index contributed by atoms with van der Waals surface area (Å²) in [4.78, 5) is 4.17. The van der Waals surface area contributed by atoms with Crippen LogP contribution in [0, 0.1) is 0 Å². The molecule has 0 N–H and O–H groups in total. The number of imidazole rings is 1. The second kappa shape index (κ2) is 11.9. The average molecular weight is 196 g/mol. The van der Waals surface area contributed by atoms with Crippen molar-refractivity contribution in [2.24, 2.45) is 0 Å². The van der Waals surface area contributed by atoms with Crippen LogP contribution >= 0.6 is 0 Å². The Kier molecular flexibility index (Phi) is 13.2. The highest BCUT2D eigenvalue weighted by Gasteiger charge is 1.95. The van der Waals surface area contributed by atoms with Crippen molar-refractivity contribution in [2.75, 3.05) is 0 Å². The molecule has 0 aliphatic carbocycles. The molecule has 2 nitrogen and oxygen atoms in total. The van der Waals surface area contributed by atoms with Gasteiger partial charge >= 0.3 is 0 Å². The second-order valence-electron chi connectivity index (χ2n) is 2.18. The third kappa shape index (κ3) is 5.57. The van der Waals surface area contributed by atoms with E-state index in [1.807, 2.05) is 38.5 Å². The van der Waals surface area contributed by atoms with Crippen LogP contribution in [0.2, 0.25) is 0 Å². The maximum Gasteiger partial charge on any atom is 0.112 e. The van der Waals surface area contributed by atoms with E-state index in [1.165, 1.54) is 0 Å². The molecule has 0 aromatic carbocycles.